The van der Waals surface area contributed by atoms with Crippen molar-refractivity contribution in [1.82, 2.24) is 0 Å². The SMILES string of the molecule is O=C(CCC(=O)c1ccccc1C(F)(F)F)c1cc2c(cc1O)OCCO2. The molecule has 0 spiro atoms. The summed E-state index contributed by atoms with van der Waals surface area (Å²) in [6.07, 6.45) is -5.43. The van der Waals surface area contributed by atoms with Crippen molar-refractivity contribution in [3.63, 3.8) is 0 Å². The number of fused-ring (bicyclic) bond motifs is 1. The van der Waals surface area contributed by atoms with Gasteiger partial charge in [0.15, 0.2) is 23.1 Å². The molecule has 0 atom stereocenters. The minimum atomic E-state index is -4.66. The second-order valence-corrected chi connectivity index (χ2v) is 5.90. The van der Waals surface area contributed by atoms with E-state index in [0.29, 0.717) is 12.4 Å². The average molecular weight is 380 g/mol. The van der Waals surface area contributed by atoms with E-state index in [1.54, 1.807) is 0 Å². The number of halogens is 3. The predicted molar refractivity (Wildman–Crippen MR) is 88.4 cm³/mol. The zero-order valence-electron chi connectivity index (χ0n) is 14.0. The van der Waals surface area contributed by atoms with Crippen LogP contribution in [0.5, 0.6) is 17.2 Å². The number of hydrogen-bond donors (Lipinski definition) is 1. The number of Topliss-reactive ketones (excluding diaryl/α,β-unsaturated/α-hetero) is 2. The summed E-state index contributed by atoms with van der Waals surface area (Å²) < 4.78 is 49.6. The maximum atomic E-state index is 13.0. The maximum absolute atomic E-state index is 13.0. The number of benzene rings is 2. The molecule has 1 aliphatic heterocycles. The maximum Gasteiger partial charge on any atom is 0.417 e. The van der Waals surface area contributed by atoms with Crippen LogP contribution in [-0.4, -0.2) is 29.9 Å². The van der Waals surface area contributed by atoms with E-state index < -0.39 is 35.3 Å². The first-order valence-electron chi connectivity index (χ1n) is 8.12. The molecule has 8 heteroatoms. The Kier molecular flexibility index (Phi) is 5.07. The van der Waals surface area contributed by atoms with Crippen LogP contribution in [0.3, 0.4) is 0 Å². The van der Waals surface area contributed by atoms with Crippen LogP contribution in [0.15, 0.2) is 36.4 Å². The summed E-state index contributed by atoms with van der Waals surface area (Å²) in [5, 5.41) is 9.98. The standard InChI is InChI=1S/C19H15F3O5/c20-19(21,22)13-4-2-1-3-11(13)14(23)5-6-15(24)12-9-17-18(10-16(12)25)27-8-7-26-17/h1-4,9-10,25H,5-8H2. The first kappa shape index (κ1) is 18.8. The molecular weight excluding hydrogens is 365 g/mol. The Labute approximate surface area is 152 Å². The lowest BCUT2D eigenvalue weighted by Crippen LogP contribution is -2.16. The van der Waals surface area contributed by atoms with Crippen molar-refractivity contribution in [3.8, 4) is 17.2 Å². The molecular formula is C19H15F3O5. The van der Waals surface area contributed by atoms with E-state index in [1.807, 2.05) is 0 Å². The summed E-state index contributed by atoms with van der Waals surface area (Å²) in [4.78, 5) is 24.5. The molecule has 0 radical (unpaired) electrons. The van der Waals surface area contributed by atoms with Gasteiger partial charge in [-0.3, -0.25) is 9.59 Å². The van der Waals surface area contributed by atoms with Gasteiger partial charge in [-0.25, -0.2) is 0 Å². The van der Waals surface area contributed by atoms with Crippen LogP contribution in [0.1, 0.15) is 39.1 Å². The van der Waals surface area contributed by atoms with Crippen molar-refractivity contribution in [2.24, 2.45) is 0 Å². The largest absolute Gasteiger partial charge is 0.507 e. The minimum Gasteiger partial charge on any atom is -0.507 e. The zero-order valence-corrected chi connectivity index (χ0v) is 14.0. The number of hydrogen-bond acceptors (Lipinski definition) is 5. The van der Waals surface area contributed by atoms with Gasteiger partial charge in [0.05, 0.1) is 11.1 Å². The van der Waals surface area contributed by atoms with E-state index in [-0.39, 0.29) is 30.1 Å². The summed E-state index contributed by atoms with van der Waals surface area (Å²) in [6, 6.07) is 6.97. The van der Waals surface area contributed by atoms with Gasteiger partial charge in [-0.05, 0) is 12.1 Å². The molecule has 1 heterocycles. The third-order valence-corrected chi connectivity index (χ3v) is 4.07. The molecule has 0 aliphatic carbocycles. The van der Waals surface area contributed by atoms with Gasteiger partial charge in [-0.15, -0.1) is 0 Å². The van der Waals surface area contributed by atoms with Crippen molar-refractivity contribution < 1.29 is 37.3 Å². The molecule has 0 fully saturated rings. The van der Waals surface area contributed by atoms with E-state index in [9.17, 15) is 27.9 Å². The molecule has 0 unspecified atom stereocenters. The van der Waals surface area contributed by atoms with E-state index in [2.05, 4.69) is 0 Å². The van der Waals surface area contributed by atoms with Crippen LogP contribution in [-0.2, 0) is 6.18 Å². The summed E-state index contributed by atoms with van der Waals surface area (Å²) in [6.45, 7) is 0.602. The van der Waals surface area contributed by atoms with Crippen LogP contribution < -0.4 is 9.47 Å². The number of ketones is 2. The van der Waals surface area contributed by atoms with E-state index >= 15 is 0 Å². The summed E-state index contributed by atoms with van der Waals surface area (Å²) in [5.74, 6) is -1.13. The highest BCUT2D eigenvalue weighted by atomic mass is 19.4. The van der Waals surface area contributed by atoms with Gasteiger partial charge in [-0.2, -0.15) is 13.2 Å². The highest BCUT2D eigenvalue weighted by Crippen LogP contribution is 2.37. The molecule has 5 nitrogen and oxygen atoms in total. The number of alkyl halides is 3. The van der Waals surface area contributed by atoms with E-state index in [1.165, 1.54) is 24.3 Å². The third kappa shape index (κ3) is 4.05. The zero-order chi connectivity index (χ0) is 19.6. The first-order valence-corrected chi connectivity index (χ1v) is 8.12. The monoisotopic (exact) mass is 380 g/mol. The quantitative estimate of drug-likeness (QED) is 0.793. The Morgan fingerprint density at radius 2 is 1.48 bits per heavy atom. The number of aromatic hydroxyl groups is 1. The Balaban J connectivity index is 1.74. The van der Waals surface area contributed by atoms with Gasteiger partial charge in [0, 0.05) is 24.5 Å². The summed E-state index contributed by atoms with van der Waals surface area (Å²) in [7, 11) is 0. The van der Waals surface area contributed by atoms with E-state index in [0.717, 1.165) is 12.1 Å². The fourth-order valence-electron chi connectivity index (χ4n) is 2.77. The van der Waals surface area contributed by atoms with E-state index in [4.69, 9.17) is 9.47 Å². The molecule has 3 rings (SSSR count). The van der Waals surface area contributed by atoms with Crippen molar-refractivity contribution in [3.05, 3.63) is 53.1 Å². The highest BCUT2D eigenvalue weighted by Gasteiger charge is 2.34. The Bertz CT molecular complexity index is 889. The Morgan fingerprint density at radius 1 is 0.926 bits per heavy atom. The van der Waals surface area contributed by atoms with Crippen molar-refractivity contribution >= 4 is 11.6 Å². The smallest absolute Gasteiger partial charge is 0.417 e. The molecule has 1 N–H and O–H groups in total. The van der Waals surface area contributed by atoms with Gasteiger partial charge >= 0.3 is 6.18 Å². The molecule has 1 aliphatic rings. The third-order valence-electron chi connectivity index (χ3n) is 4.07. The molecule has 0 saturated heterocycles. The van der Waals surface area contributed by atoms with Crippen molar-refractivity contribution in [2.75, 3.05) is 13.2 Å². The first-order chi connectivity index (χ1) is 12.8. The number of phenols is 1. The fraction of sp³-hybridized carbons (Fsp3) is 0.263. The van der Waals surface area contributed by atoms with Gasteiger partial charge < -0.3 is 14.6 Å². The van der Waals surface area contributed by atoms with Crippen LogP contribution in [0.4, 0.5) is 13.2 Å². The van der Waals surface area contributed by atoms with Crippen LogP contribution >= 0.6 is 0 Å². The lowest BCUT2D eigenvalue weighted by molar-refractivity contribution is -0.137. The summed E-state index contributed by atoms with van der Waals surface area (Å²) in [5.41, 5.74) is -1.59. The number of phenolic OH excluding ortho intramolecular Hbond substituents is 1. The molecule has 0 amide bonds. The normalized spacial score (nSPS) is 13.3. The molecule has 2 aromatic rings. The summed E-state index contributed by atoms with van der Waals surface area (Å²) >= 11 is 0. The number of rotatable bonds is 5. The number of carbonyl (C=O) groups is 2. The fourth-order valence-corrected chi connectivity index (χ4v) is 2.77. The topological polar surface area (TPSA) is 72.8 Å². The molecule has 0 aromatic heterocycles. The lowest BCUT2D eigenvalue weighted by atomic mass is 9.97. The molecule has 0 saturated carbocycles. The molecule has 2 aromatic carbocycles. The number of carbonyl (C=O) groups excluding carboxylic acids is 2. The average Bonchev–Trinajstić information content (AvgIpc) is 2.64. The Hall–Kier alpha value is -3.03. The van der Waals surface area contributed by atoms with Crippen LogP contribution in [0.25, 0.3) is 0 Å². The van der Waals surface area contributed by atoms with Gasteiger partial charge in [0.1, 0.15) is 19.0 Å². The minimum absolute atomic E-state index is 0.0730. The van der Waals surface area contributed by atoms with Crippen LogP contribution in [0, 0.1) is 0 Å². The lowest BCUT2D eigenvalue weighted by Gasteiger charge is -2.19. The van der Waals surface area contributed by atoms with Gasteiger partial charge in [0.2, 0.25) is 0 Å². The van der Waals surface area contributed by atoms with Gasteiger partial charge in [-0.1, -0.05) is 18.2 Å². The Morgan fingerprint density at radius 3 is 2.11 bits per heavy atom. The van der Waals surface area contributed by atoms with Gasteiger partial charge in [0.25, 0.3) is 0 Å². The highest BCUT2D eigenvalue weighted by molar-refractivity contribution is 6.04. The predicted octanol–water partition coefficient (Wildman–Crippen LogP) is 4.03. The second kappa shape index (κ2) is 7.30. The van der Waals surface area contributed by atoms with Crippen LogP contribution in [0.2, 0.25) is 0 Å². The van der Waals surface area contributed by atoms with Crippen molar-refractivity contribution in [2.45, 2.75) is 19.0 Å². The number of ether oxygens (including phenoxy) is 2. The second-order valence-electron chi connectivity index (χ2n) is 5.90. The molecule has 27 heavy (non-hydrogen) atoms. The molecule has 0 bridgehead atoms. The van der Waals surface area contributed by atoms with Crippen molar-refractivity contribution in [1.29, 1.82) is 0 Å². The molecule has 142 valence electrons.